The Hall–Kier alpha value is -0.140. The number of piperidine rings is 1. The van der Waals surface area contributed by atoms with Crippen LogP contribution >= 0.6 is 38.5 Å². The van der Waals surface area contributed by atoms with Gasteiger partial charge in [-0.3, -0.25) is 4.79 Å². The van der Waals surface area contributed by atoms with E-state index in [9.17, 15) is 9.90 Å². The summed E-state index contributed by atoms with van der Waals surface area (Å²) in [7, 11) is 0. The standard InChI is InChI=1S/C13H15BrINO2/c1-13(18)4-6-16(7-5-13)12(17)10-8-9(14)2-3-11(10)15/h2-3,8,18H,4-7H2,1H3. The number of rotatable bonds is 1. The minimum Gasteiger partial charge on any atom is -0.390 e. The van der Waals surface area contributed by atoms with E-state index in [2.05, 4.69) is 38.5 Å². The molecule has 1 saturated heterocycles. The molecular formula is C13H15BrINO2. The molecule has 0 unspecified atom stereocenters. The second kappa shape index (κ2) is 5.46. The highest BCUT2D eigenvalue weighted by atomic mass is 127. The number of aliphatic hydroxyl groups is 1. The molecule has 0 saturated carbocycles. The molecule has 1 N–H and O–H groups in total. The summed E-state index contributed by atoms with van der Waals surface area (Å²) in [6, 6.07) is 5.72. The van der Waals surface area contributed by atoms with Crippen LogP contribution < -0.4 is 0 Å². The van der Waals surface area contributed by atoms with Crippen LogP contribution in [0.2, 0.25) is 0 Å². The molecule has 1 fully saturated rings. The molecule has 98 valence electrons. The lowest BCUT2D eigenvalue weighted by atomic mass is 9.93. The van der Waals surface area contributed by atoms with Gasteiger partial charge in [0.15, 0.2) is 0 Å². The maximum atomic E-state index is 12.4. The third-order valence-corrected chi connectivity index (χ3v) is 4.72. The molecule has 18 heavy (non-hydrogen) atoms. The van der Waals surface area contributed by atoms with Crippen molar-refractivity contribution in [1.29, 1.82) is 0 Å². The third kappa shape index (κ3) is 3.24. The maximum absolute atomic E-state index is 12.4. The molecule has 1 amide bonds. The number of likely N-dealkylation sites (tertiary alicyclic amines) is 1. The molecule has 5 heteroatoms. The zero-order chi connectivity index (χ0) is 13.3. The Morgan fingerprint density at radius 1 is 1.44 bits per heavy atom. The minimum absolute atomic E-state index is 0.0520. The smallest absolute Gasteiger partial charge is 0.254 e. The van der Waals surface area contributed by atoms with E-state index in [1.165, 1.54) is 0 Å². The lowest BCUT2D eigenvalue weighted by Gasteiger charge is -2.36. The van der Waals surface area contributed by atoms with Crippen LogP contribution in [0.15, 0.2) is 22.7 Å². The van der Waals surface area contributed by atoms with Gasteiger partial charge in [-0.05, 0) is 60.6 Å². The predicted molar refractivity (Wildman–Crippen MR) is 82.6 cm³/mol. The van der Waals surface area contributed by atoms with Gasteiger partial charge in [-0.1, -0.05) is 15.9 Å². The molecule has 3 nitrogen and oxygen atoms in total. The van der Waals surface area contributed by atoms with Crippen molar-refractivity contribution in [2.75, 3.05) is 13.1 Å². The van der Waals surface area contributed by atoms with Crippen LogP contribution in [-0.2, 0) is 0 Å². The molecule has 2 rings (SSSR count). The van der Waals surface area contributed by atoms with E-state index in [1.807, 2.05) is 30.0 Å². The first-order valence-electron chi connectivity index (χ1n) is 5.86. The molecule has 1 aromatic rings. The van der Waals surface area contributed by atoms with Gasteiger partial charge in [0.2, 0.25) is 0 Å². The van der Waals surface area contributed by atoms with Gasteiger partial charge in [-0.2, -0.15) is 0 Å². The number of halogens is 2. The molecular weight excluding hydrogens is 409 g/mol. The second-order valence-corrected chi connectivity index (χ2v) is 6.99. The van der Waals surface area contributed by atoms with Crippen molar-refractivity contribution < 1.29 is 9.90 Å². The van der Waals surface area contributed by atoms with E-state index in [4.69, 9.17) is 0 Å². The summed E-state index contributed by atoms with van der Waals surface area (Å²) in [5.74, 6) is 0.0520. The monoisotopic (exact) mass is 423 g/mol. The average molecular weight is 424 g/mol. The van der Waals surface area contributed by atoms with Crippen molar-refractivity contribution in [1.82, 2.24) is 4.90 Å². The SMILES string of the molecule is CC1(O)CCN(C(=O)c2cc(Br)ccc2I)CC1. The van der Waals surface area contributed by atoms with Gasteiger partial charge in [-0.15, -0.1) is 0 Å². The number of hydrogen-bond acceptors (Lipinski definition) is 2. The van der Waals surface area contributed by atoms with Crippen molar-refractivity contribution in [3.05, 3.63) is 31.8 Å². The molecule has 0 aromatic heterocycles. The fraction of sp³-hybridized carbons (Fsp3) is 0.462. The Labute approximate surface area is 129 Å². The van der Waals surface area contributed by atoms with E-state index in [0.29, 0.717) is 25.9 Å². The van der Waals surface area contributed by atoms with E-state index >= 15 is 0 Å². The van der Waals surface area contributed by atoms with Gasteiger partial charge in [0.1, 0.15) is 0 Å². The van der Waals surface area contributed by atoms with Crippen LogP contribution in [0.5, 0.6) is 0 Å². The Morgan fingerprint density at radius 3 is 2.67 bits per heavy atom. The Morgan fingerprint density at radius 2 is 2.06 bits per heavy atom. The Bertz CT molecular complexity index is 466. The van der Waals surface area contributed by atoms with Crippen molar-refractivity contribution in [3.63, 3.8) is 0 Å². The van der Waals surface area contributed by atoms with Crippen LogP contribution in [0.4, 0.5) is 0 Å². The van der Waals surface area contributed by atoms with Crippen LogP contribution in [0.3, 0.4) is 0 Å². The van der Waals surface area contributed by atoms with Crippen LogP contribution in [0.25, 0.3) is 0 Å². The van der Waals surface area contributed by atoms with Gasteiger partial charge in [0.25, 0.3) is 5.91 Å². The van der Waals surface area contributed by atoms with Crippen LogP contribution in [0.1, 0.15) is 30.1 Å². The first-order valence-corrected chi connectivity index (χ1v) is 7.73. The van der Waals surface area contributed by atoms with E-state index in [1.54, 1.807) is 0 Å². The number of carbonyl (C=O) groups is 1. The minimum atomic E-state index is -0.624. The summed E-state index contributed by atoms with van der Waals surface area (Å²) in [6.07, 6.45) is 1.28. The predicted octanol–water partition coefficient (Wildman–Crippen LogP) is 3.04. The van der Waals surface area contributed by atoms with E-state index in [-0.39, 0.29) is 5.91 Å². The van der Waals surface area contributed by atoms with E-state index in [0.717, 1.165) is 13.6 Å². The maximum Gasteiger partial charge on any atom is 0.254 e. The van der Waals surface area contributed by atoms with Gasteiger partial charge in [-0.25, -0.2) is 0 Å². The van der Waals surface area contributed by atoms with Gasteiger partial charge >= 0.3 is 0 Å². The van der Waals surface area contributed by atoms with Crippen LogP contribution in [0, 0.1) is 3.57 Å². The fourth-order valence-electron chi connectivity index (χ4n) is 2.02. The van der Waals surface area contributed by atoms with Crippen molar-refractivity contribution in [2.24, 2.45) is 0 Å². The lowest BCUT2D eigenvalue weighted by Crippen LogP contribution is -2.45. The first-order chi connectivity index (χ1) is 8.39. The Kier molecular flexibility index (Phi) is 4.33. The highest BCUT2D eigenvalue weighted by Crippen LogP contribution is 2.25. The van der Waals surface area contributed by atoms with Gasteiger partial charge < -0.3 is 10.0 Å². The normalized spacial score (nSPS) is 18.8. The summed E-state index contributed by atoms with van der Waals surface area (Å²) < 4.78 is 1.87. The number of nitrogens with zero attached hydrogens (tertiary/aromatic N) is 1. The van der Waals surface area contributed by atoms with Crippen molar-refractivity contribution in [2.45, 2.75) is 25.4 Å². The zero-order valence-corrected chi connectivity index (χ0v) is 13.9. The van der Waals surface area contributed by atoms with Crippen LogP contribution in [-0.4, -0.2) is 34.6 Å². The highest BCUT2D eigenvalue weighted by Gasteiger charge is 2.30. The Balaban J connectivity index is 2.15. The molecule has 1 aromatic carbocycles. The summed E-state index contributed by atoms with van der Waals surface area (Å²) in [6.45, 7) is 3.07. The highest BCUT2D eigenvalue weighted by molar-refractivity contribution is 14.1. The fourth-order valence-corrected chi connectivity index (χ4v) is 2.95. The topological polar surface area (TPSA) is 40.5 Å². The number of hydrogen-bond donors (Lipinski definition) is 1. The summed E-state index contributed by atoms with van der Waals surface area (Å²) in [5.41, 5.74) is 0.104. The quantitative estimate of drug-likeness (QED) is 0.705. The molecule has 1 heterocycles. The number of carbonyl (C=O) groups excluding carboxylic acids is 1. The third-order valence-electron chi connectivity index (χ3n) is 3.29. The summed E-state index contributed by atoms with van der Waals surface area (Å²) >= 11 is 5.57. The van der Waals surface area contributed by atoms with E-state index < -0.39 is 5.60 Å². The average Bonchev–Trinajstić information content (AvgIpc) is 2.31. The summed E-state index contributed by atoms with van der Waals surface area (Å²) in [4.78, 5) is 14.2. The summed E-state index contributed by atoms with van der Waals surface area (Å²) in [5, 5.41) is 9.90. The lowest BCUT2D eigenvalue weighted by molar-refractivity contribution is -0.00205. The number of benzene rings is 1. The number of amides is 1. The molecule has 0 spiro atoms. The van der Waals surface area contributed by atoms with Gasteiger partial charge in [0, 0.05) is 21.1 Å². The molecule has 0 aliphatic carbocycles. The zero-order valence-electron chi connectivity index (χ0n) is 10.1. The molecule has 1 aliphatic heterocycles. The second-order valence-electron chi connectivity index (χ2n) is 4.91. The largest absolute Gasteiger partial charge is 0.390 e. The van der Waals surface area contributed by atoms with Crippen molar-refractivity contribution in [3.8, 4) is 0 Å². The van der Waals surface area contributed by atoms with Gasteiger partial charge in [0.05, 0.1) is 11.2 Å². The molecule has 0 atom stereocenters. The first kappa shape index (κ1) is 14.3. The molecule has 0 bridgehead atoms. The van der Waals surface area contributed by atoms with Crippen molar-refractivity contribution >= 4 is 44.4 Å². The molecule has 0 radical (unpaired) electrons. The molecule has 1 aliphatic rings.